The SMILES string of the molecule is O=C(CNc1ccc(/C=C/S(=O)(=O)N2CCC3(CC2)N=C(C2CCCCC2)NC3=O)c(C(F)(F)F)c1)NCCO. The first-order valence-electron chi connectivity index (χ1n) is 13.4. The van der Waals surface area contributed by atoms with E-state index in [0.717, 1.165) is 53.6 Å². The third-order valence-electron chi connectivity index (χ3n) is 7.57. The standard InChI is InChI=1S/C26H34F3N5O5S/c27-26(28,29)21-16-20(31-17-22(36)30-11-14-35)7-6-18(21)8-15-40(38,39)34-12-9-25(10-13-34)24(37)32-23(33-25)19-4-2-1-3-5-19/h6-8,15-16,19,31,35H,1-5,9-14,17H2,(H,30,36)(H,32,33,37)/b15-8+. The van der Waals surface area contributed by atoms with E-state index in [4.69, 9.17) is 10.1 Å². The van der Waals surface area contributed by atoms with E-state index >= 15 is 0 Å². The van der Waals surface area contributed by atoms with Crippen molar-refractivity contribution in [3.63, 3.8) is 0 Å². The molecule has 1 aromatic carbocycles. The number of aliphatic imine (C=N–C) groups is 1. The van der Waals surface area contributed by atoms with Crippen LogP contribution in [0.3, 0.4) is 0 Å². The van der Waals surface area contributed by atoms with Crippen molar-refractivity contribution in [1.82, 2.24) is 14.9 Å². The van der Waals surface area contributed by atoms with Gasteiger partial charge in [0, 0.05) is 36.6 Å². The van der Waals surface area contributed by atoms with E-state index in [1.54, 1.807) is 0 Å². The number of nitrogens with one attached hydrogen (secondary N) is 3. The van der Waals surface area contributed by atoms with Gasteiger partial charge in [0.15, 0.2) is 0 Å². The smallest absolute Gasteiger partial charge is 0.395 e. The normalized spacial score (nSPS) is 20.5. The van der Waals surface area contributed by atoms with Crippen molar-refractivity contribution in [1.29, 1.82) is 0 Å². The van der Waals surface area contributed by atoms with Crippen LogP contribution < -0.4 is 16.0 Å². The van der Waals surface area contributed by atoms with E-state index < -0.39 is 33.2 Å². The lowest BCUT2D eigenvalue weighted by molar-refractivity contribution is -0.137. The summed E-state index contributed by atoms with van der Waals surface area (Å²) in [6.45, 7) is -0.505. The number of aliphatic hydroxyl groups excluding tert-OH is 1. The van der Waals surface area contributed by atoms with E-state index in [2.05, 4.69) is 16.0 Å². The average Bonchev–Trinajstić information content (AvgIpc) is 3.25. The summed E-state index contributed by atoms with van der Waals surface area (Å²) < 4.78 is 68.4. The molecule has 1 saturated carbocycles. The number of carbonyl (C=O) groups is 2. The summed E-state index contributed by atoms with van der Waals surface area (Å²) in [6, 6.07) is 3.24. The second-order valence-electron chi connectivity index (χ2n) is 10.3. The predicted molar refractivity (Wildman–Crippen MR) is 144 cm³/mol. The third-order valence-corrected chi connectivity index (χ3v) is 9.13. The monoisotopic (exact) mass is 585 g/mol. The van der Waals surface area contributed by atoms with Gasteiger partial charge in [-0.25, -0.2) is 8.42 Å². The molecule has 0 aromatic heterocycles. The Kier molecular flexibility index (Phi) is 9.20. The van der Waals surface area contributed by atoms with Gasteiger partial charge < -0.3 is 21.1 Å². The molecule has 1 aliphatic carbocycles. The molecule has 0 radical (unpaired) electrons. The van der Waals surface area contributed by atoms with E-state index in [1.807, 2.05) is 0 Å². The minimum absolute atomic E-state index is 0.0203. The molecule has 40 heavy (non-hydrogen) atoms. The Labute approximate surface area is 231 Å². The van der Waals surface area contributed by atoms with Gasteiger partial charge in [-0.2, -0.15) is 17.5 Å². The zero-order valence-electron chi connectivity index (χ0n) is 22.0. The molecule has 1 spiro atoms. The van der Waals surface area contributed by atoms with Gasteiger partial charge >= 0.3 is 6.18 Å². The van der Waals surface area contributed by atoms with Crippen LogP contribution >= 0.6 is 0 Å². The van der Waals surface area contributed by atoms with Gasteiger partial charge in [0.1, 0.15) is 11.4 Å². The number of benzene rings is 1. The number of alkyl halides is 3. The van der Waals surface area contributed by atoms with Crippen LogP contribution in [0.4, 0.5) is 18.9 Å². The first-order valence-corrected chi connectivity index (χ1v) is 14.9. The van der Waals surface area contributed by atoms with E-state index in [9.17, 15) is 31.2 Å². The number of carbonyl (C=O) groups excluding carboxylic acids is 2. The van der Waals surface area contributed by atoms with Gasteiger partial charge in [0.2, 0.25) is 15.9 Å². The summed E-state index contributed by atoms with van der Waals surface area (Å²) in [5.74, 6) is 0.195. The number of amides is 2. The molecule has 0 bridgehead atoms. The van der Waals surface area contributed by atoms with Crippen molar-refractivity contribution < 1.29 is 36.3 Å². The summed E-state index contributed by atoms with van der Waals surface area (Å²) in [5, 5.41) is 17.4. The van der Waals surface area contributed by atoms with Crippen LogP contribution in [0, 0.1) is 5.92 Å². The molecule has 10 nitrogen and oxygen atoms in total. The molecule has 1 aromatic rings. The quantitative estimate of drug-likeness (QED) is 0.351. The zero-order valence-corrected chi connectivity index (χ0v) is 22.8. The van der Waals surface area contributed by atoms with Gasteiger partial charge in [0.25, 0.3) is 5.91 Å². The maximum absolute atomic E-state index is 13.8. The van der Waals surface area contributed by atoms with E-state index in [1.165, 1.54) is 12.5 Å². The van der Waals surface area contributed by atoms with Gasteiger partial charge in [-0.05, 0) is 49.5 Å². The lowest BCUT2D eigenvalue weighted by Crippen LogP contribution is -2.50. The molecular formula is C26H34F3N5O5S. The topological polar surface area (TPSA) is 140 Å². The molecule has 4 N–H and O–H groups in total. The number of anilines is 1. The first kappa shape index (κ1) is 30.0. The van der Waals surface area contributed by atoms with Crippen molar-refractivity contribution in [2.24, 2.45) is 10.9 Å². The Morgan fingerprint density at radius 3 is 2.55 bits per heavy atom. The molecule has 220 valence electrons. The maximum atomic E-state index is 13.8. The number of halogens is 3. The Morgan fingerprint density at radius 2 is 1.90 bits per heavy atom. The average molecular weight is 586 g/mol. The molecule has 14 heteroatoms. The number of hydrogen-bond acceptors (Lipinski definition) is 7. The summed E-state index contributed by atoms with van der Waals surface area (Å²) in [7, 11) is -4.07. The van der Waals surface area contributed by atoms with Crippen LogP contribution in [0.5, 0.6) is 0 Å². The molecule has 2 heterocycles. The maximum Gasteiger partial charge on any atom is 0.417 e. The molecule has 1 saturated heterocycles. The van der Waals surface area contributed by atoms with Crippen LogP contribution in [-0.2, 0) is 25.8 Å². The Morgan fingerprint density at radius 1 is 1.20 bits per heavy atom. The van der Waals surface area contributed by atoms with E-state index in [-0.39, 0.29) is 68.7 Å². The van der Waals surface area contributed by atoms with Crippen molar-refractivity contribution in [3.8, 4) is 0 Å². The van der Waals surface area contributed by atoms with Gasteiger partial charge in [-0.15, -0.1) is 0 Å². The first-order chi connectivity index (χ1) is 18.9. The third kappa shape index (κ3) is 7.02. The number of nitrogens with zero attached hydrogens (tertiary/aromatic N) is 2. The van der Waals surface area contributed by atoms with Crippen LogP contribution in [0.1, 0.15) is 56.1 Å². The van der Waals surface area contributed by atoms with Gasteiger partial charge in [0.05, 0.1) is 18.7 Å². The fraction of sp³-hybridized carbons (Fsp3) is 0.577. The predicted octanol–water partition coefficient (Wildman–Crippen LogP) is 2.47. The van der Waals surface area contributed by atoms with Gasteiger partial charge in [-0.1, -0.05) is 25.3 Å². The fourth-order valence-corrected chi connectivity index (χ4v) is 6.49. The lowest BCUT2D eigenvalue weighted by Gasteiger charge is -2.34. The van der Waals surface area contributed by atoms with Crippen LogP contribution in [0.25, 0.3) is 6.08 Å². The van der Waals surface area contributed by atoms with Gasteiger partial charge in [-0.3, -0.25) is 14.6 Å². The second kappa shape index (κ2) is 12.3. The molecule has 2 amide bonds. The minimum atomic E-state index is -4.78. The molecule has 0 atom stereocenters. The highest BCUT2D eigenvalue weighted by atomic mass is 32.2. The summed E-state index contributed by atoms with van der Waals surface area (Å²) in [4.78, 5) is 29.2. The molecule has 2 aliphatic heterocycles. The molecule has 4 rings (SSSR count). The molecule has 0 unspecified atom stereocenters. The summed E-state index contributed by atoms with van der Waals surface area (Å²) in [5.41, 5.74) is -2.39. The number of sulfonamides is 1. The summed E-state index contributed by atoms with van der Waals surface area (Å²) in [6.07, 6.45) is 1.80. The summed E-state index contributed by atoms with van der Waals surface area (Å²) >= 11 is 0. The van der Waals surface area contributed by atoms with Crippen molar-refractivity contribution in [2.75, 3.05) is 38.1 Å². The van der Waals surface area contributed by atoms with Crippen LogP contribution in [-0.4, -0.2) is 73.8 Å². The minimum Gasteiger partial charge on any atom is -0.395 e. The molecular weight excluding hydrogens is 551 g/mol. The highest BCUT2D eigenvalue weighted by Gasteiger charge is 2.48. The Hall–Kier alpha value is -2.97. The number of aliphatic hydroxyl groups is 1. The lowest BCUT2D eigenvalue weighted by atomic mass is 9.88. The molecule has 2 fully saturated rings. The molecule has 3 aliphatic rings. The van der Waals surface area contributed by atoms with Crippen molar-refractivity contribution >= 4 is 39.4 Å². The highest BCUT2D eigenvalue weighted by Crippen LogP contribution is 2.36. The number of rotatable bonds is 9. The Bertz CT molecular complexity index is 1270. The number of piperidine rings is 1. The Balaban J connectivity index is 1.42. The largest absolute Gasteiger partial charge is 0.417 e. The highest BCUT2D eigenvalue weighted by molar-refractivity contribution is 7.92. The van der Waals surface area contributed by atoms with Crippen molar-refractivity contribution in [3.05, 3.63) is 34.7 Å². The van der Waals surface area contributed by atoms with Crippen molar-refractivity contribution in [2.45, 2.75) is 56.7 Å². The number of amidine groups is 1. The zero-order chi connectivity index (χ0) is 29.0. The fourth-order valence-electron chi connectivity index (χ4n) is 5.30. The second-order valence-corrected chi connectivity index (χ2v) is 12.1. The van der Waals surface area contributed by atoms with E-state index in [0.29, 0.717) is 5.84 Å². The van der Waals surface area contributed by atoms with Crippen LogP contribution in [0.15, 0.2) is 28.6 Å². The van der Waals surface area contributed by atoms with Crippen LogP contribution in [0.2, 0.25) is 0 Å². The number of hydrogen-bond donors (Lipinski definition) is 4.